The van der Waals surface area contributed by atoms with Crippen LogP contribution in [0.3, 0.4) is 0 Å². The number of fused-ring (bicyclic) bond motifs is 10. The molecule has 0 spiro atoms. The minimum absolute atomic E-state index is 0.0268. The van der Waals surface area contributed by atoms with Gasteiger partial charge in [-0.15, -0.1) is 0 Å². The molecule has 7 heterocycles. The van der Waals surface area contributed by atoms with Gasteiger partial charge in [0.05, 0.1) is 44.3 Å². The summed E-state index contributed by atoms with van der Waals surface area (Å²) < 4.78 is 15.5. The average Bonchev–Trinajstić information content (AvgIpc) is 3.99. The van der Waals surface area contributed by atoms with Gasteiger partial charge in [-0.1, -0.05) is 81.4 Å². The standard InChI is InChI=1S/C51H37N7O/c1-31-23-46-41(29-54-31)38-18-17-34(27-47(38)57(46)49-24-32(19-21-53-49)51(2,3)4)59-35-20-22-52-48(28-35)56-30-55(44-15-9-10-16-45(44)56)33-25-39-36-11-5-7-13-42(36)58-43-14-8-6-12-37(43)40(26-33)50(39)58/h5-29H,1-4H3. The zero-order chi connectivity index (χ0) is 39.6. The van der Waals surface area contributed by atoms with E-state index >= 15 is 0 Å². The molecule has 0 saturated carbocycles. The molecule has 8 nitrogen and oxygen atoms in total. The summed E-state index contributed by atoms with van der Waals surface area (Å²) in [7, 11) is 0. The van der Waals surface area contributed by atoms with Crippen LogP contribution in [-0.2, 0) is 5.41 Å². The highest BCUT2D eigenvalue weighted by atomic mass is 16.5. The maximum Gasteiger partial charge on any atom is 0.271 e. The predicted molar refractivity (Wildman–Crippen MR) is 236 cm³/mol. The lowest BCUT2D eigenvalue weighted by Crippen LogP contribution is -2.29. The number of rotatable bonds is 5. The van der Waals surface area contributed by atoms with E-state index in [9.17, 15) is 0 Å². The van der Waals surface area contributed by atoms with Crippen molar-refractivity contribution in [3.8, 4) is 28.8 Å². The first-order chi connectivity index (χ1) is 28.8. The number of hydrogen-bond donors (Lipinski definition) is 0. The van der Waals surface area contributed by atoms with Crippen LogP contribution in [-0.4, -0.2) is 28.5 Å². The van der Waals surface area contributed by atoms with Gasteiger partial charge in [-0.2, -0.15) is 0 Å². The van der Waals surface area contributed by atoms with Crippen LogP contribution >= 0.6 is 0 Å². The molecule has 12 aromatic rings. The highest BCUT2D eigenvalue weighted by Crippen LogP contribution is 2.40. The largest absolute Gasteiger partial charge is 0.458 e. The van der Waals surface area contributed by atoms with Crippen LogP contribution in [0.2, 0.25) is 0 Å². The first-order valence-corrected chi connectivity index (χ1v) is 19.9. The predicted octanol–water partition coefficient (Wildman–Crippen LogP) is 11.5. The van der Waals surface area contributed by atoms with E-state index in [1.165, 1.54) is 43.7 Å². The van der Waals surface area contributed by atoms with Crippen LogP contribution in [0.1, 0.15) is 32.0 Å². The van der Waals surface area contributed by atoms with Gasteiger partial charge in [0.1, 0.15) is 17.3 Å². The van der Waals surface area contributed by atoms with Crippen molar-refractivity contribution >= 4 is 70.9 Å². The molecule has 0 aliphatic carbocycles. The number of benzene rings is 5. The molecule has 0 bridgehead atoms. The molecule has 0 radical (unpaired) electrons. The van der Waals surface area contributed by atoms with Gasteiger partial charge in [0, 0.05) is 68.7 Å². The van der Waals surface area contributed by atoms with Crippen LogP contribution in [0.5, 0.6) is 11.5 Å². The van der Waals surface area contributed by atoms with Crippen LogP contribution in [0.25, 0.3) is 88.3 Å². The van der Waals surface area contributed by atoms with Gasteiger partial charge >= 0.3 is 0 Å². The third kappa shape index (κ3) is 5.02. The van der Waals surface area contributed by atoms with E-state index in [2.05, 4.69) is 161 Å². The highest BCUT2D eigenvalue weighted by Gasteiger charge is 2.22. The Labute approximate surface area is 339 Å². The van der Waals surface area contributed by atoms with Gasteiger partial charge in [0.25, 0.3) is 6.33 Å². The summed E-state index contributed by atoms with van der Waals surface area (Å²) >= 11 is 0. The smallest absolute Gasteiger partial charge is 0.271 e. The average molecular weight is 764 g/mol. The first kappa shape index (κ1) is 33.5. The number of pyridine rings is 3. The second-order valence-electron chi connectivity index (χ2n) is 16.5. The second-order valence-corrected chi connectivity index (χ2v) is 16.5. The maximum atomic E-state index is 6.66. The van der Waals surface area contributed by atoms with E-state index in [-0.39, 0.29) is 5.41 Å². The Morgan fingerprint density at radius 1 is 0.559 bits per heavy atom. The molecule has 0 N–H and O–H groups in total. The van der Waals surface area contributed by atoms with Crippen molar-refractivity contribution in [2.45, 2.75) is 33.1 Å². The number of hydrogen-bond acceptors (Lipinski definition) is 4. The minimum Gasteiger partial charge on any atom is -0.458 e. The summed E-state index contributed by atoms with van der Waals surface area (Å²) in [6.07, 6.45) is 9.34. The van der Waals surface area contributed by atoms with Crippen molar-refractivity contribution in [1.29, 1.82) is 0 Å². The monoisotopic (exact) mass is 763 g/mol. The minimum atomic E-state index is -0.0268. The van der Waals surface area contributed by atoms with E-state index in [0.717, 1.165) is 50.0 Å². The van der Waals surface area contributed by atoms with Crippen molar-refractivity contribution in [2.75, 3.05) is 0 Å². The quantitative estimate of drug-likeness (QED) is 0.129. The van der Waals surface area contributed by atoms with Crippen LogP contribution in [0.4, 0.5) is 0 Å². The summed E-state index contributed by atoms with van der Waals surface area (Å²) in [5.74, 6) is 2.93. The second kappa shape index (κ2) is 12.2. The SMILES string of the molecule is Cc1cc2c(cn1)c1ccc(Oc3ccnc(-n4[c-][n+](-c5cc6c7ccccc7n7c8ccccc8c(c5)c67)c5ccccc54)c3)cc1n2-c1cc(C(C)(C)C)ccn1. The van der Waals surface area contributed by atoms with Crippen LogP contribution in [0, 0.1) is 13.3 Å². The topological polar surface area (TPSA) is 66.1 Å². The molecule has 0 amide bonds. The zero-order valence-corrected chi connectivity index (χ0v) is 33.0. The molecule has 0 atom stereocenters. The molecule has 12 rings (SSSR count). The Morgan fingerprint density at radius 3 is 1.97 bits per heavy atom. The third-order valence-corrected chi connectivity index (χ3v) is 11.8. The molecule has 0 aliphatic rings. The Balaban J connectivity index is 0.975. The molecule has 0 fully saturated rings. The summed E-state index contributed by atoms with van der Waals surface area (Å²) in [6, 6.07) is 46.8. The van der Waals surface area contributed by atoms with E-state index in [4.69, 9.17) is 14.7 Å². The fourth-order valence-corrected chi connectivity index (χ4v) is 9.02. The number of nitrogens with zero attached hydrogens (tertiary/aromatic N) is 7. The van der Waals surface area contributed by atoms with Gasteiger partial charge in [0.2, 0.25) is 0 Å². The Kier molecular flexibility index (Phi) is 6.94. The molecule has 282 valence electrons. The van der Waals surface area contributed by atoms with Crippen LogP contribution < -0.4 is 9.30 Å². The van der Waals surface area contributed by atoms with Gasteiger partial charge in [-0.25, -0.2) is 4.98 Å². The number of aromatic nitrogens is 7. The lowest BCUT2D eigenvalue weighted by Gasteiger charge is -2.20. The number of aryl methyl sites for hydroxylation is 1. The van der Waals surface area contributed by atoms with E-state index < -0.39 is 0 Å². The van der Waals surface area contributed by atoms with Gasteiger partial charge in [-0.05, 0) is 78.6 Å². The number of imidazole rings is 1. The molecular formula is C51H37N7O. The molecule has 8 heteroatoms. The Hall–Kier alpha value is -7.58. The number of para-hydroxylation sites is 4. The maximum absolute atomic E-state index is 6.66. The van der Waals surface area contributed by atoms with Crippen molar-refractivity contribution in [3.05, 3.63) is 170 Å². The molecule has 0 saturated heterocycles. The summed E-state index contributed by atoms with van der Waals surface area (Å²) in [6.45, 7) is 8.70. The first-order valence-electron chi connectivity index (χ1n) is 19.9. The third-order valence-electron chi connectivity index (χ3n) is 11.8. The summed E-state index contributed by atoms with van der Waals surface area (Å²) in [5, 5.41) is 7.05. The van der Waals surface area contributed by atoms with Gasteiger partial charge < -0.3 is 9.14 Å². The molecule has 7 aromatic heterocycles. The van der Waals surface area contributed by atoms with E-state index in [0.29, 0.717) is 17.3 Å². The van der Waals surface area contributed by atoms with Crippen LogP contribution in [0.15, 0.2) is 152 Å². The number of ether oxygens (including phenoxy) is 1. The van der Waals surface area contributed by atoms with Crippen molar-refractivity contribution in [3.63, 3.8) is 0 Å². The molecule has 59 heavy (non-hydrogen) atoms. The summed E-state index contributed by atoms with van der Waals surface area (Å²) in [4.78, 5) is 14.4. The zero-order valence-electron chi connectivity index (χ0n) is 33.0. The Morgan fingerprint density at radius 2 is 1.20 bits per heavy atom. The fraction of sp³-hybridized carbons (Fsp3) is 0.0980. The van der Waals surface area contributed by atoms with Crippen molar-refractivity contribution < 1.29 is 9.30 Å². The normalized spacial score (nSPS) is 12.4. The molecule has 0 aliphatic heterocycles. The molecule has 0 unspecified atom stereocenters. The van der Waals surface area contributed by atoms with Crippen molar-refractivity contribution in [1.82, 2.24) is 28.5 Å². The summed E-state index contributed by atoms with van der Waals surface area (Å²) in [5.41, 5.74) is 10.9. The van der Waals surface area contributed by atoms with Crippen molar-refractivity contribution in [2.24, 2.45) is 0 Å². The lowest BCUT2D eigenvalue weighted by atomic mass is 9.88. The van der Waals surface area contributed by atoms with E-state index in [1.807, 2.05) is 42.1 Å². The lowest BCUT2D eigenvalue weighted by molar-refractivity contribution is -0.572. The Bertz CT molecular complexity index is 3570. The van der Waals surface area contributed by atoms with Gasteiger partial charge in [0.15, 0.2) is 5.82 Å². The highest BCUT2D eigenvalue weighted by molar-refractivity contribution is 6.23. The molecular weight excluding hydrogens is 727 g/mol. The molecule has 5 aromatic carbocycles. The fourth-order valence-electron chi connectivity index (χ4n) is 9.02. The van der Waals surface area contributed by atoms with E-state index in [1.54, 1.807) is 6.20 Å². The van der Waals surface area contributed by atoms with Gasteiger partial charge in [-0.3, -0.25) is 23.7 Å².